The van der Waals surface area contributed by atoms with Gasteiger partial charge in [0.15, 0.2) is 5.78 Å². The lowest BCUT2D eigenvalue weighted by Gasteiger charge is -2.10. The van der Waals surface area contributed by atoms with Crippen molar-refractivity contribution in [1.29, 1.82) is 0 Å². The number of Topliss-reactive ketones (excluding diaryl/α,β-unsaturated/α-hetero) is 1. The zero-order valence-corrected chi connectivity index (χ0v) is 9.54. The van der Waals surface area contributed by atoms with Crippen LogP contribution in [0.2, 0.25) is 0 Å². The van der Waals surface area contributed by atoms with Gasteiger partial charge in [0.1, 0.15) is 0 Å². The predicted molar refractivity (Wildman–Crippen MR) is 68.9 cm³/mol. The van der Waals surface area contributed by atoms with E-state index in [-0.39, 0.29) is 5.78 Å². The average Bonchev–Trinajstić information content (AvgIpc) is 2.40. The number of hydrogen-bond donors (Lipinski definition) is 1. The first-order valence-corrected chi connectivity index (χ1v) is 5.66. The van der Waals surface area contributed by atoms with Gasteiger partial charge in [0.2, 0.25) is 0 Å². The van der Waals surface area contributed by atoms with Crippen molar-refractivity contribution in [3.8, 4) is 0 Å². The quantitative estimate of drug-likeness (QED) is 0.812. The number of nitrogens with two attached hydrogens (primary N) is 1. The SMILES string of the molecule is NC(Cc1ccccc1)C(=O)c1ccccc1. The van der Waals surface area contributed by atoms with Crippen LogP contribution in [0, 0.1) is 0 Å². The zero-order valence-electron chi connectivity index (χ0n) is 9.54. The molecule has 0 aliphatic heterocycles. The predicted octanol–water partition coefficient (Wildman–Crippen LogP) is 2.44. The molecule has 0 heterocycles. The molecule has 0 radical (unpaired) electrons. The van der Waals surface area contributed by atoms with E-state index in [0.717, 1.165) is 5.56 Å². The molecular formula is C15H15NO. The molecular weight excluding hydrogens is 210 g/mol. The van der Waals surface area contributed by atoms with Crippen LogP contribution in [-0.4, -0.2) is 11.8 Å². The fourth-order valence-electron chi connectivity index (χ4n) is 1.78. The first-order valence-electron chi connectivity index (χ1n) is 5.66. The van der Waals surface area contributed by atoms with Crippen molar-refractivity contribution < 1.29 is 4.79 Å². The maximum atomic E-state index is 12.0. The van der Waals surface area contributed by atoms with Gasteiger partial charge < -0.3 is 5.73 Å². The van der Waals surface area contributed by atoms with Crippen molar-refractivity contribution in [3.05, 3.63) is 71.8 Å². The van der Waals surface area contributed by atoms with Crippen LogP contribution in [0.5, 0.6) is 0 Å². The molecule has 0 aliphatic carbocycles. The van der Waals surface area contributed by atoms with Crippen molar-refractivity contribution in [3.63, 3.8) is 0 Å². The summed E-state index contributed by atoms with van der Waals surface area (Å²) in [5.41, 5.74) is 7.70. The molecule has 2 heteroatoms. The monoisotopic (exact) mass is 225 g/mol. The molecule has 86 valence electrons. The summed E-state index contributed by atoms with van der Waals surface area (Å²) in [5.74, 6) is -0.00514. The Hall–Kier alpha value is -1.93. The summed E-state index contributed by atoms with van der Waals surface area (Å²) in [6.45, 7) is 0. The standard InChI is InChI=1S/C15H15NO/c16-14(11-12-7-3-1-4-8-12)15(17)13-9-5-2-6-10-13/h1-10,14H,11,16H2. The first kappa shape index (κ1) is 11.6. The number of benzene rings is 2. The van der Waals surface area contributed by atoms with Gasteiger partial charge in [-0.15, -0.1) is 0 Å². The van der Waals surface area contributed by atoms with E-state index in [1.165, 1.54) is 0 Å². The minimum atomic E-state index is -0.472. The van der Waals surface area contributed by atoms with E-state index in [2.05, 4.69) is 0 Å². The molecule has 2 aromatic carbocycles. The number of rotatable bonds is 4. The van der Waals surface area contributed by atoms with E-state index in [0.29, 0.717) is 12.0 Å². The Morgan fingerprint density at radius 2 is 1.47 bits per heavy atom. The van der Waals surface area contributed by atoms with E-state index in [1.54, 1.807) is 12.1 Å². The second-order valence-electron chi connectivity index (χ2n) is 4.03. The summed E-state index contributed by atoms with van der Waals surface area (Å²) in [7, 11) is 0. The zero-order chi connectivity index (χ0) is 12.1. The van der Waals surface area contributed by atoms with Crippen molar-refractivity contribution in [2.45, 2.75) is 12.5 Å². The molecule has 2 N–H and O–H groups in total. The van der Waals surface area contributed by atoms with Crippen LogP contribution in [0.1, 0.15) is 15.9 Å². The molecule has 0 saturated heterocycles. The summed E-state index contributed by atoms with van der Waals surface area (Å²) in [4.78, 5) is 12.0. The topological polar surface area (TPSA) is 43.1 Å². The second kappa shape index (κ2) is 5.41. The minimum absolute atomic E-state index is 0.00514. The molecule has 0 aliphatic rings. The molecule has 1 atom stereocenters. The Morgan fingerprint density at radius 3 is 2.06 bits per heavy atom. The Kier molecular flexibility index (Phi) is 3.68. The Balaban J connectivity index is 2.06. The van der Waals surface area contributed by atoms with Crippen LogP contribution >= 0.6 is 0 Å². The molecule has 0 aromatic heterocycles. The van der Waals surface area contributed by atoms with E-state index in [1.807, 2.05) is 48.5 Å². The summed E-state index contributed by atoms with van der Waals surface area (Å²) < 4.78 is 0. The van der Waals surface area contributed by atoms with Gasteiger partial charge in [-0.25, -0.2) is 0 Å². The molecule has 0 spiro atoms. The molecule has 0 amide bonds. The third-order valence-corrected chi connectivity index (χ3v) is 2.69. The van der Waals surface area contributed by atoms with Gasteiger partial charge in [0.25, 0.3) is 0 Å². The summed E-state index contributed by atoms with van der Waals surface area (Å²) in [6, 6.07) is 18.5. The van der Waals surface area contributed by atoms with Crippen LogP contribution in [0.4, 0.5) is 0 Å². The van der Waals surface area contributed by atoms with Gasteiger partial charge >= 0.3 is 0 Å². The number of carbonyl (C=O) groups excluding carboxylic acids is 1. The lowest BCUT2D eigenvalue weighted by Crippen LogP contribution is -2.32. The maximum absolute atomic E-state index is 12.0. The van der Waals surface area contributed by atoms with Crippen molar-refractivity contribution in [1.82, 2.24) is 0 Å². The van der Waals surface area contributed by atoms with E-state index < -0.39 is 6.04 Å². The molecule has 1 unspecified atom stereocenters. The van der Waals surface area contributed by atoms with Gasteiger partial charge in [-0.1, -0.05) is 60.7 Å². The third kappa shape index (κ3) is 3.02. The van der Waals surface area contributed by atoms with Crippen molar-refractivity contribution >= 4 is 5.78 Å². The van der Waals surface area contributed by atoms with E-state index >= 15 is 0 Å². The molecule has 0 bridgehead atoms. The fraction of sp³-hybridized carbons (Fsp3) is 0.133. The third-order valence-electron chi connectivity index (χ3n) is 2.69. The average molecular weight is 225 g/mol. The highest BCUT2D eigenvalue weighted by molar-refractivity contribution is 6.00. The van der Waals surface area contributed by atoms with E-state index in [4.69, 9.17) is 5.73 Å². The molecule has 17 heavy (non-hydrogen) atoms. The van der Waals surface area contributed by atoms with Gasteiger partial charge in [0, 0.05) is 5.56 Å². The maximum Gasteiger partial charge on any atom is 0.179 e. The fourth-order valence-corrected chi connectivity index (χ4v) is 1.78. The summed E-state index contributed by atoms with van der Waals surface area (Å²) in [5, 5.41) is 0. The van der Waals surface area contributed by atoms with Crippen LogP contribution in [0.15, 0.2) is 60.7 Å². The van der Waals surface area contributed by atoms with Crippen LogP contribution < -0.4 is 5.73 Å². The number of hydrogen-bond acceptors (Lipinski definition) is 2. The Morgan fingerprint density at radius 1 is 0.941 bits per heavy atom. The van der Waals surface area contributed by atoms with Gasteiger partial charge in [-0.05, 0) is 12.0 Å². The minimum Gasteiger partial charge on any atom is -0.321 e. The highest BCUT2D eigenvalue weighted by atomic mass is 16.1. The normalized spacial score (nSPS) is 12.1. The Labute approximate surface area is 101 Å². The van der Waals surface area contributed by atoms with Gasteiger partial charge in [-0.2, -0.15) is 0 Å². The summed E-state index contributed by atoms with van der Waals surface area (Å²) in [6.07, 6.45) is 0.578. The molecule has 0 fully saturated rings. The van der Waals surface area contributed by atoms with Crippen molar-refractivity contribution in [2.75, 3.05) is 0 Å². The molecule has 2 aromatic rings. The lowest BCUT2D eigenvalue weighted by molar-refractivity contribution is 0.0961. The van der Waals surface area contributed by atoms with Gasteiger partial charge in [0.05, 0.1) is 6.04 Å². The van der Waals surface area contributed by atoms with E-state index in [9.17, 15) is 4.79 Å². The van der Waals surface area contributed by atoms with Crippen LogP contribution in [-0.2, 0) is 6.42 Å². The number of ketones is 1. The second-order valence-corrected chi connectivity index (χ2v) is 4.03. The van der Waals surface area contributed by atoms with Crippen LogP contribution in [0.3, 0.4) is 0 Å². The largest absolute Gasteiger partial charge is 0.321 e. The highest BCUT2D eigenvalue weighted by Crippen LogP contribution is 2.07. The lowest BCUT2D eigenvalue weighted by atomic mass is 9.98. The molecule has 2 rings (SSSR count). The van der Waals surface area contributed by atoms with Gasteiger partial charge in [-0.3, -0.25) is 4.79 Å². The Bertz CT molecular complexity index is 479. The molecule has 2 nitrogen and oxygen atoms in total. The van der Waals surface area contributed by atoms with Crippen molar-refractivity contribution in [2.24, 2.45) is 5.73 Å². The van der Waals surface area contributed by atoms with Crippen LogP contribution in [0.25, 0.3) is 0 Å². The summed E-state index contributed by atoms with van der Waals surface area (Å²) >= 11 is 0. The molecule has 0 saturated carbocycles. The highest BCUT2D eigenvalue weighted by Gasteiger charge is 2.15. The smallest absolute Gasteiger partial charge is 0.179 e. The number of carbonyl (C=O) groups is 1. The first-order chi connectivity index (χ1) is 8.27.